The third-order valence-corrected chi connectivity index (χ3v) is 3.96. The highest BCUT2D eigenvalue weighted by Gasteiger charge is 2.13. The summed E-state index contributed by atoms with van der Waals surface area (Å²) in [6, 6.07) is 16.2. The number of hydrogen-bond acceptors (Lipinski definition) is 1. The molecule has 0 spiro atoms. The van der Waals surface area contributed by atoms with Crippen LogP contribution in [0.1, 0.15) is 17.0 Å². The summed E-state index contributed by atoms with van der Waals surface area (Å²) in [6.45, 7) is 0.620. The van der Waals surface area contributed by atoms with Crippen molar-refractivity contribution in [3.8, 4) is 0 Å². The van der Waals surface area contributed by atoms with E-state index in [1.807, 2.05) is 30.3 Å². The van der Waals surface area contributed by atoms with E-state index in [4.69, 9.17) is 17.3 Å². The van der Waals surface area contributed by atoms with E-state index in [2.05, 4.69) is 34.1 Å². The third kappa shape index (κ3) is 3.35. The van der Waals surface area contributed by atoms with E-state index >= 15 is 0 Å². The number of rotatable bonds is 4. The van der Waals surface area contributed by atoms with Crippen molar-refractivity contribution in [2.24, 2.45) is 5.73 Å². The summed E-state index contributed by atoms with van der Waals surface area (Å²) in [6.07, 6.45) is 0.902. The van der Waals surface area contributed by atoms with E-state index in [9.17, 15) is 0 Å². The average molecular weight is 325 g/mol. The topological polar surface area (TPSA) is 26.0 Å². The molecule has 1 nitrogen and oxygen atoms in total. The van der Waals surface area contributed by atoms with Crippen molar-refractivity contribution in [2.45, 2.75) is 12.3 Å². The van der Waals surface area contributed by atoms with E-state index in [0.717, 1.165) is 15.9 Å². The molecular formula is C15H15BrClN. The second-order valence-corrected chi connectivity index (χ2v) is 5.58. The van der Waals surface area contributed by atoms with Crippen molar-refractivity contribution in [1.82, 2.24) is 0 Å². The standard InChI is InChI=1S/C15H15BrClN/c16-15-7-2-1-6-14(15)12(10-18)8-11-4-3-5-13(17)9-11/h1-7,9,12H,8,10,18H2. The van der Waals surface area contributed by atoms with Crippen LogP contribution >= 0.6 is 27.5 Å². The summed E-state index contributed by atoms with van der Waals surface area (Å²) in [4.78, 5) is 0. The quantitative estimate of drug-likeness (QED) is 0.887. The first-order chi connectivity index (χ1) is 8.70. The van der Waals surface area contributed by atoms with E-state index in [1.165, 1.54) is 11.1 Å². The molecule has 0 aliphatic heterocycles. The molecule has 2 aromatic rings. The molecule has 0 heterocycles. The van der Waals surface area contributed by atoms with Crippen molar-refractivity contribution in [2.75, 3.05) is 6.54 Å². The summed E-state index contributed by atoms with van der Waals surface area (Å²) in [5, 5.41) is 0.774. The van der Waals surface area contributed by atoms with Crippen molar-refractivity contribution in [3.05, 3.63) is 69.2 Å². The molecule has 1 atom stereocenters. The molecule has 0 aliphatic carbocycles. The van der Waals surface area contributed by atoms with Gasteiger partial charge in [0.05, 0.1) is 0 Å². The molecule has 94 valence electrons. The Hall–Kier alpha value is -0.830. The Bertz CT molecular complexity index is 527. The maximum Gasteiger partial charge on any atom is 0.0408 e. The monoisotopic (exact) mass is 323 g/mol. The SMILES string of the molecule is NCC(Cc1cccc(Cl)c1)c1ccccc1Br. The molecular weight excluding hydrogens is 310 g/mol. The van der Waals surface area contributed by atoms with Gasteiger partial charge in [0.25, 0.3) is 0 Å². The van der Waals surface area contributed by atoms with Crippen LogP contribution in [-0.4, -0.2) is 6.54 Å². The molecule has 2 aromatic carbocycles. The fourth-order valence-electron chi connectivity index (χ4n) is 2.07. The van der Waals surface area contributed by atoms with Gasteiger partial charge in [0.1, 0.15) is 0 Å². The summed E-state index contributed by atoms with van der Waals surface area (Å²) < 4.78 is 1.11. The number of benzene rings is 2. The van der Waals surface area contributed by atoms with Crippen LogP contribution in [0.5, 0.6) is 0 Å². The smallest absolute Gasteiger partial charge is 0.0408 e. The minimum atomic E-state index is 0.305. The Morgan fingerprint density at radius 2 is 1.89 bits per heavy atom. The van der Waals surface area contributed by atoms with Crippen molar-refractivity contribution in [3.63, 3.8) is 0 Å². The number of hydrogen-bond donors (Lipinski definition) is 1. The van der Waals surface area contributed by atoms with Gasteiger partial charge in [-0.2, -0.15) is 0 Å². The van der Waals surface area contributed by atoms with E-state index in [1.54, 1.807) is 0 Å². The molecule has 0 radical (unpaired) electrons. The fraction of sp³-hybridized carbons (Fsp3) is 0.200. The molecule has 3 heteroatoms. The summed E-state index contributed by atoms with van der Waals surface area (Å²) >= 11 is 9.59. The number of nitrogens with two attached hydrogens (primary N) is 1. The summed E-state index contributed by atoms with van der Waals surface area (Å²) in [5.41, 5.74) is 8.37. The van der Waals surface area contributed by atoms with Crippen molar-refractivity contribution in [1.29, 1.82) is 0 Å². The van der Waals surface area contributed by atoms with Gasteiger partial charge in [-0.25, -0.2) is 0 Å². The van der Waals surface area contributed by atoms with Crippen LogP contribution in [0.4, 0.5) is 0 Å². The van der Waals surface area contributed by atoms with E-state index < -0.39 is 0 Å². The lowest BCUT2D eigenvalue weighted by molar-refractivity contribution is 0.691. The van der Waals surface area contributed by atoms with E-state index in [-0.39, 0.29) is 0 Å². The average Bonchev–Trinajstić information content (AvgIpc) is 2.37. The maximum absolute atomic E-state index is 6.01. The van der Waals surface area contributed by atoms with Crippen LogP contribution in [0.2, 0.25) is 5.02 Å². The van der Waals surface area contributed by atoms with Gasteiger partial charge in [-0.15, -0.1) is 0 Å². The molecule has 0 saturated heterocycles. The first-order valence-electron chi connectivity index (χ1n) is 5.89. The van der Waals surface area contributed by atoms with Crippen LogP contribution < -0.4 is 5.73 Å². The first-order valence-corrected chi connectivity index (χ1v) is 7.06. The molecule has 18 heavy (non-hydrogen) atoms. The molecule has 0 saturated carbocycles. The van der Waals surface area contributed by atoms with Crippen LogP contribution in [0.3, 0.4) is 0 Å². The predicted octanol–water partition coefficient (Wildman–Crippen LogP) is 4.39. The molecule has 1 unspecified atom stereocenters. The highest BCUT2D eigenvalue weighted by Crippen LogP contribution is 2.27. The first kappa shape index (κ1) is 13.6. The zero-order valence-electron chi connectivity index (χ0n) is 9.94. The predicted molar refractivity (Wildman–Crippen MR) is 81.1 cm³/mol. The fourth-order valence-corrected chi connectivity index (χ4v) is 2.90. The Morgan fingerprint density at radius 1 is 1.11 bits per heavy atom. The van der Waals surface area contributed by atoms with Gasteiger partial charge >= 0.3 is 0 Å². The minimum Gasteiger partial charge on any atom is -0.330 e. The molecule has 0 bridgehead atoms. The molecule has 2 rings (SSSR count). The van der Waals surface area contributed by atoms with E-state index in [0.29, 0.717) is 12.5 Å². The lowest BCUT2D eigenvalue weighted by Gasteiger charge is -2.17. The zero-order chi connectivity index (χ0) is 13.0. The number of halogens is 2. The van der Waals surface area contributed by atoms with Gasteiger partial charge in [0.15, 0.2) is 0 Å². The maximum atomic E-state index is 6.01. The van der Waals surface area contributed by atoms with Crippen molar-refractivity contribution >= 4 is 27.5 Å². The third-order valence-electron chi connectivity index (χ3n) is 3.00. The summed E-state index contributed by atoms with van der Waals surface area (Å²) in [5.74, 6) is 0.305. The largest absolute Gasteiger partial charge is 0.330 e. The normalized spacial score (nSPS) is 12.4. The highest BCUT2D eigenvalue weighted by molar-refractivity contribution is 9.10. The van der Waals surface area contributed by atoms with Gasteiger partial charge in [0, 0.05) is 15.4 Å². The van der Waals surface area contributed by atoms with Crippen molar-refractivity contribution < 1.29 is 0 Å². The van der Waals surface area contributed by atoms with Crippen LogP contribution in [-0.2, 0) is 6.42 Å². The van der Waals surface area contributed by atoms with Crippen LogP contribution in [0.25, 0.3) is 0 Å². The second kappa shape index (κ2) is 6.37. The molecule has 0 aromatic heterocycles. The van der Waals surface area contributed by atoms with Crippen LogP contribution in [0.15, 0.2) is 53.0 Å². The lowest BCUT2D eigenvalue weighted by atomic mass is 9.92. The Kier molecular flexibility index (Phi) is 4.81. The molecule has 0 amide bonds. The summed E-state index contributed by atoms with van der Waals surface area (Å²) in [7, 11) is 0. The van der Waals surface area contributed by atoms with Gasteiger partial charge in [-0.1, -0.05) is 57.9 Å². The Morgan fingerprint density at radius 3 is 2.56 bits per heavy atom. The van der Waals surface area contributed by atoms with Crippen LogP contribution in [0, 0.1) is 0 Å². The Balaban J connectivity index is 2.23. The highest BCUT2D eigenvalue weighted by atomic mass is 79.9. The van der Waals surface area contributed by atoms with Gasteiger partial charge in [0.2, 0.25) is 0 Å². The minimum absolute atomic E-state index is 0.305. The second-order valence-electron chi connectivity index (χ2n) is 4.29. The zero-order valence-corrected chi connectivity index (χ0v) is 12.3. The van der Waals surface area contributed by atoms with Gasteiger partial charge in [-0.3, -0.25) is 0 Å². The van der Waals surface area contributed by atoms with Gasteiger partial charge in [-0.05, 0) is 42.3 Å². The molecule has 0 aliphatic rings. The molecule has 0 fully saturated rings. The lowest BCUT2D eigenvalue weighted by Crippen LogP contribution is -2.15. The molecule has 2 N–H and O–H groups in total. The Labute approximate surface area is 121 Å². The van der Waals surface area contributed by atoms with Gasteiger partial charge < -0.3 is 5.73 Å².